The van der Waals surface area contributed by atoms with Crippen molar-refractivity contribution in [2.75, 3.05) is 0 Å². The summed E-state index contributed by atoms with van der Waals surface area (Å²) in [6, 6.07) is 4.17. The van der Waals surface area contributed by atoms with Crippen LogP contribution in [0, 0.1) is 32.1 Å². The number of carbonyl (C=O) groups excluding carboxylic acids is 2. The Bertz CT molecular complexity index is 781. The predicted molar refractivity (Wildman–Crippen MR) is 91.9 cm³/mol. The monoisotopic (exact) mass is 325 g/mol. The summed E-state index contributed by atoms with van der Waals surface area (Å²) < 4.78 is 0. The zero-order valence-corrected chi connectivity index (χ0v) is 14.7. The van der Waals surface area contributed by atoms with E-state index < -0.39 is 0 Å². The van der Waals surface area contributed by atoms with E-state index in [1.807, 2.05) is 33.8 Å². The first kappa shape index (κ1) is 17.9. The van der Waals surface area contributed by atoms with E-state index in [0.29, 0.717) is 12.0 Å². The van der Waals surface area contributed by atoms with Crippen molar-refractivity contribution in [3.05, 3.63) is 45.2 Å². The fraction of sp³-hybridized carbons (Fsp3) is 0.450. The van der Waals surface area contributed by atoms with Crippen LogP contribution in [0.1, 0.15) is 66.3 Å². The first-order valence-electron chi connectivity index (χ1n) is 8.31. The van der Waals surface area contributed by atoms with Gasteiger partial charge in [-0.25, -0.2) is 0 Å². The minimum absolute atomic E-state index is 0.0176. The normalized spacial score (nSPS) is 17.8. The lowest BCUT2D eigenvalue weighted by molar-refractivity contribution is -0.122. The molecule has 2 rings (SSSR count). The molecule has 0 bridgehead atoms. The van der Waals surface area contributed by atoms with Crippen molar-refractivity contribution in [3.63, 3.8) is 0 Å². The summed E-state index contributed by atoms with van der Waals surface area (Å²) in [5.74, 6) is -0.857. The molecule has 1 aromatic rings. The third-order valence-corrected chi connectivity index (χ3v) is 4.75. The quantitative estimate of drug-likeness (QED) is 0.845. The Balaban J connectivity index is 2.47. The fourth-order valence-corrected chi connectivity index (χ4v) is 3.77. The number of aryl methyl sites for hydroxylation is 2. The lowest BCUT2D eigenvalue weighted by atomic mass is 9.77. The Morgan fingerprint density at radius 2 is 1.96 bits per heavy atom. The minimum atomic E-state index is -0.292. The highest BCUT2D eigenvalue weighted by Gasteiger charge is 2.33. The Morgan fingerprint density at radius 3 is 2.50 bits per heavy atom. The highest BCUT2D eigenvalue weighted by Crippen LogP contribution is 2.38. The molecule has 0 amide bonds. The van der Waals surface area contributed by atoms with Gasteiger partial charge < -0.3 is 5.11 Å². The summed E-state index contributed by atoms with van der Waals surface area (Å²) in [5, 5.41) is 19.7. The summed E-state index contributed by atoms with van der Waals surface area (Å²) in [7, 11) is 0. The number of carbonyl (C=O) groups is 2. The molecule has 0 heterocycles. The maximum atomic E-state index is 12.4. The van der Waals surface area contributed by atoms with E-state index >= 15 is 0 Å². The van der Waals surface area contributed by atoms with Crippen LogP contribution in [-0.2, 0) is 9.59 Å². The van der Waals surface area contributed by atoms with E-state index in [2.05, 4.69) is 6.07 Å². The number of hydrogen-bond donors (Lipinski definition) is 1. The molecule has 1 atom stereocenters. The number of hydrogen-bond acceptors (Lipinski definition) is 4. The van der Waals surface area contributed by atoms with Crippen molar-refractivity contribution < 1.29 is 14.7 Å². The van der Waals surface area contributed by atoms with Gasteiger partial charge in [-0.15, -0.1) is 0 Å². The molecule has 1 aromatic carbocycles. The van der Waals surface area contributed by atoms with Crippen LogP contribution in [0.5, 0.6) is 0 Å². The van der Waals surface area contributed by atoms with E-state index in [9.17, 15) is 20.0 Å². The van der Waals surface area contributed by atoms with E-state index in [0.717, 1.165) is 22.3 Å². The molecule has 1 aliphatic rings. The number of Topliss-reactive ketones (excluding diaryl/α,β-unsaturated/α-hetero) is 2. The molecule has 1 aliphatic carbocycles. The Kier molecular flexibility index (Phi) is 5.23. The molecule has 1 unspecified atom stereocenters. The van der Waals surface area contributed by atoms with Gasteiger partial charge in [0.1, 0.15) is 5.76 Å². The van der Waals surface area contributed by atoms with Gasteiger partial charge in [0.25, 0.3) is 0 Å². The van der Waals surface area contributed by atoms with Crippen LogP contribution in [0.4, 0.5) is 0 Å². The maximum Gasteiger partial charge on any atom is 0.170 e. The number of rotatable bonds is 4. The first-order valence-corrected chi connectivity index (χ1v) is 8.31. The smallest absolute Gasteiger partial charge is 0.170 e. The number of aliphatic hydroxyl groups is 1. The van der Waals surface area contributed by atoms with Gasteiger partial charge in [-0.05, 0) is 55.4 Å². The van der Waals surface area contributed by atoms with Crippen LogP contribution < -0.4 is 0 Å². The molecule has 0 saturated heterocycles. The lowest BCUT2D eigenvalue weighted by Crippen LogP contribution is -2.24. The van der Waals surface area contributed by atoms with Gasteiger partial charge in [0.05, 0.1) is 17.2 Å². The van der Waals surface area contributed by atoms with Gasteiger partial charge >= 0.3 is 0 Å². The van der Waals surface area contributed by atoms with Crippen LogP contribution in [0.15, 0.2) is 17.4 Å². The van der Waals surface area contributed by atoms with Crippen LogP contribution in [0.25, 0.3) is 0 Å². The van der Waals surface area contributed by atoms with Crippen molar-refractivity contribution in [2.24, 2.45) is 0 Å². The average Bonchev–Trinajstić information content (AvgIpc) is 2.46. The van der Waals surface area contributed by atoms with E-state index in [1.165, 1.54) is 0 Å². The summed E-state index contributed by atoms with van der Waals surface area (Å²) in [5.41, 5.74) is 4.34. The highest BCUT2D eigenvalue weighted by atomic mass is 16.3. The zero-order chi connectivity index (χ0) is 18.0. The molecular weight excluding hydrogens is 302 g/mol. The van der Waals surface area contributed by atoms with Gasteiger partial charge in [0.15, 0.2) is 11.6 Å². The van der Waals surface area contributed by atoms with Crippen molar-refractivity contribution in [1.29, 1.82) is 5.26 Å². The predicted octanol–water partition coefficient (Wildman–Crippen LogP) is 4.11. The number of ketones is 2. The standard InChI is InChI=1S/C20H23NO3/c1-5-6-16(22)20-17(23)8-14(9-18(20)24)19-12(3)7-11(2)15(10-21)13(19)4/h7,14,23H,5-6,8-9H2,1-4H3. The van der Waals surface area contributed by atoms with Crippen LogP contribution >= 0.6 is 0 Å². The zero-order valence-electron chi connectivity index (χ0n) is 14.7. The fourth-order valence-electron chi connectivity index (χ4n) is 3.77. The summed E-state index contributed by atoms with van der Waals surface area (Å²) in [4.78, 5) is 24.5. The number of nitrogens with zero attached hydrogens (tertiary/aromatic N) is 1. The number of aliphatic hydroxyl groups excluding tert-OH is 1. The van der Waals surface area contributed by atoms with Crippen LogP contribution in [0.2, 0.25) is 0 Å². The summed E-state index contributed by atoms with van der Waals surface area (Å²) in [6.45, 7) is 7.61. The second-order valence-corrected chi connectivity index (χ2v) is 6.56. The molecule has 126 valence electrons. The molecule has 0 saturated carbocycles. The largest absolute Gasteiger partial charge is 0.511 e. The molecule has 24 heavy (non-hydrogen) atoms. The third kappa shape index (κ3) is 3.12. The van der Waals surface area contributed by atoms with Gasteiger partial charge in [-0.3, -0.25) is 9.59 Å². The van der Waals surface area contributed by atoms with Gasteiger partial charge in [-0.1, -0.05) is 13.0 Å². The maximum absolute atomic E-state index is 12.4. The molecule has 0 fully saturated rings. The molecule has 0 aromatic heterocycles. The number of benzene rings is 1. The highest BCUT2D eigenvalue weighted by molar-refractivity contribution is 6.21. The Labute approximate surface area is 142 Å². The van der Waals surface area contributed by atoms with Crippen molar-refractivity contribution in [3.8, 4) is 6.07 Å². The molecule has 0 spiro atoms. The molecule has 1 N–H and O–H groups in total. The van der Waals surface area contributed by atoms with Crippen molar-refractivity contribution >= 4 is 11.6 Å². The lowest BCUT2D eigenvalue weighted by Gasteiger charge is -2.27. The first-order chi connectivity index (χ1) is 11.3. The SMILES string of the molecule is CCCC(=O)C1=C(O)CC(c2c(C)cc(C)c(C#N)c2C)CC1=O. The second kappa shape index (κ2) is 7.00. The number of nitriles is 1. The van der Waals surface area contributed by atoms with Crippen molar-refractivity contribution in [2.45, 2.75) is 59.3 Å². The Morgan fingerprint density at radius 1 is 1.29 bits per heavy atom. The molecule has 0 radical (unpaired) electrons. The van der Waals surface area contributed by atoms with Crippen molar-refractivity contribution in [1.82, 2.24) is 0 Å². The summed E-state index contributed by atoms with van der Waals surface area (Å²) in [6.07, 6.45) is 1.39. The van der Waals surface area contributed by atoms with E-state index in [-0.39, 0.29) is 48.1 Å². The molecule has 4 heteroatoms. The van der Waals surface area contributed by atoms with Crippen LogP contribution in [0.3, 0.4) is 0 Å². The number of allylic oxidation sites excluding steroid dienone is 2. The third-order valence-electron chi connectivity index (χ3n) is 4.75. The van der Waals surface area contributed by atoms with E-state index in [1.54, 1.807) is 0 Å². The molecular formula is C20H23NO3. The average molecular weight is 325 g/mol. The van der Waals surface area contributed by atoms with E-state index in [4.69, 9.17) is 0 Å². The molecule has 4 nitrogen and oxygen atoms in total. The second-order valence-electron chi connectivity index (χ2n) is 6.56. The summed E-state index contributed by atoms with van der Waals surface area (Å²) >= 11 is 0. The van der Waals surface area contributed by atoms with Crippen LogP contribution in [-0.4, -0.2) is 16.7 Å². The molecule has 0 aliphatic heterocycles. The van der Waals surface area contributed by atoms with Gasteiger partial charge in [0.2, 0.25) is 0 Å². The Hall–Kier alpha value is -2.41. The van der Waals surface area contributed by atoms with Gasteiger partial charge in [0, 0.05) is 19.3 Å². The minimum Gasteiger partial charge on any atom is -0.511 e. The van der Waals surface area contributed by atoms with Gasteiger partial charge in [-0.2, -0.15) is 5.26 Å². The topological polar surface area (TPSA) is 78.2 Å².